The zero-order valence-corrected chi connectivity index (χ0v) is 23.1. The van der Waals surface area contributed by atoms with Crippen molar-refractivity contribution in [3.8, 4) is 16.9 Å². The summed E-state index contributed by atoms with van der Waals surface area (Å²) in [6, 6.07) is 48.0. The minimum absolute atomic E-state index is 0.145. The van der Waals surface area contributed by atoms with Crippen molar-refractivity contribution >= 4 is 38.9 Å². The molecule has 1 aliphatic heterocycles. The summed E-state index contributed by atoms with van der Waals surface area (Å²) < 4.78 is 2.39. The molecule has 0 saturated heterocycles. The third-order valence-electron chi connectivity index (χ3n) is 8.62. The maximum absolute atomic E-state index is 4.66. The Morgan fingerprint density at radius 2 is 1.27 bits per heavy atom. The highest BCUT2D eigenvalue weighted by Gasteiger charge is 2.37. The first kappa shape index (κ1) is 23.7. The topological polar surface area (TPSA) is 21.1 Å². The normalized spacial score (nSPS) is 13.8. The monoisotopic (exact) mass is 527 g/mol. The van der Waals surface area contributed by atoms with E-state index in [1.54, 1.807) is 0 Å². The van der Waals surface area contributed by atoms with E-state index in [2.05, 4.69) is 156 Å². The van der Waals surface area contributed by atoms with E-state index in [0.717, 1.165) is 22.6 Å². The Morgan fingerprint density at radius 1 is 0.537 bits per heavy atom. The summed E-state index contributed by atoms with van der Waals surface area (Å²) in [7, 11) is 0. The van der Waals surface area contributed by atoms with Crippen LogP contribution in [0.25, 0.3) is 38.8 Å². The molecule has 0 unspecified atom stereocenters. The maximum Gasteiger partial charge on any atom is 0.0702 e. The Hall–Kier alpha value is -5.15. The highest BCUT2D eigenvalue weighted by Crippen LogP contribution is 2.53. The third kappa shape index (κ3) is 3.56. The molecule has 41 heavy (non-hydrogen) atoms. The lowest BCUT2D eigenvalue weighted by Gasteiger charge is -2.42. The number of rotatable bonds is 3. The van der Waals surface area contributed by atoms with Gasteiger partial charge in [0.15, 0.2) is 0 Å². The summed E-state index contributed by atoms with van der Waals surface area (Å²) in [5, 5.41) is 2.51. The molecule has 3 heteroatoms. The van der Waals surface area contributed by atoms with Crippen LogP contribution in [-0.4, -0.2) is 9.55 Å². The van der Waals surface area contributed by atoms with Crippen molar-refractivity contribution in [2.75, 3.05) is 4.90 Å². The van der Waals surface area contributed by atoms with Crippen molar-refractivity contribution in [3.63, 3.8) is 0 Å². The van der Waals surface area contributed by atoms with Crippen LogP contribution in [0.15, 0.2) is 140 Å². The number of hydrogen-bond donors (Lipinski definition) is 0. The quantitative estimate of drug-likeness (QED) is 0.228. The molecule has 7 aromatic rings. The first-order valence-electron chi connectivity index (χ1n) is 14.2. The maximum atomic E-state index is 4.66. The van der Waals surface area contributed by atoms with Crippen LogP contribution < -0.4 is 4.90 Å². The molecule has 0 fully saturated rings. The lowest BCUT2D eigenvalue weighted by molar-refractivity contribution is 0.632. The number of anilines is 3. The fourth-order valence-corrected chi connectivity index (χ4v) is 6.64. The number of nitrogens with zero attached hydrogens (tertiary/aromatic N) is 3. The second-order valence-corrected chi connectivity index (χ2v) is 11.3. The van der Waals surface area contributed by atoms with Gasteiger partial charge < -0.3 is 9.47 Å². The van der Waals surface area contributed by atoms with Gasteiger partial charge in [-0.15, -0.1) is 0 Å². The van der Waals surface area contributed by atoms with Gasteiger partial charge in [-0.3, -0.25) is 4.98 Å². The fraction of sp³-hybridized carbons (Fsp3) is 0.0789. The van der Waals surface area contributed by atoms with Gasteiger partial charge in [0.2, 0.25) is 0 Å². The van der Waals surface area contributed by atoms with Crippen molar-refractivity contribution < 1.29 is 0 Å². The van der Waals surface area contributed by atoms with Crippen LogP contribution in [-0.2, 0) is 5.41 Å². The molecule has 0 amide bonds. The van der Waals surface area contributed by atoms with E-state index >= 15 is 0 Å². The van der Waals surface area contributed by atoms with Crippen LogP contribution >= 0.6 is 0 Å². The third-order valence-corrected chi connectivity index (χ3v) is 8.62. The molecule has 5 aromatic carbocycles. The smallest absolute Gasteiger partial charge is 0.0702 e. The van der Waals surface area contributed by atoms with Crippen LogP contribution in [0, 0.1) is 0 Å². The zero-order valence-electron chi connectivity index (χ0n) is 23.1. The van der Waals surface area contributed by atoms with E-state index in [9.17, 15) is 0 Å². The van der Waals surface area contributed by atoms with E-state index < -0.39 is 0 Å². The van der Waals surface area contributed by atoms with Crippen molar-refractivity contribution in [2.24, 2.45) is 0 Å². The van der Waals surface area contributed by atoms with Gasteiger partial charge in [0.05, 0.1) is 28.1 Å². The summed E-state index contributed by atoms with van der Waals surface area (Å²) in [5.41, 5.74) is 11.7. The molecule has 0 aliphatic carbocycles. The minimum atomic E-state index is -0.145. The van der Waals surface area contributed by atoms with Gasteiger partial charge in [-0.1, -0.05) is 92.7 Å². The van der Waals surface area contributed by atoms with E-state index in [0.29, 0.717) is 0 Å². The number of hydrogen-bond acceptors (Lipinski definition) is 2. The van der Waals surface area contributed by atoms with Gasteiger partial charge in [-0.05, 0) is 65.7 Å². The summed E-state index contributed by atoms with van der Waals surface area (Å²) in [6.45, 7) is 4.66. The Kier molecular flexibility index (Phi) is 5.17. The number of benzene rings is 5. The predicted octanol–water partition coefficient (Wildman–Crippen LogP) is 9.95. The van der Waals surface area contributed by atoms with Crippen molar-refractivity contribution in [1.82, 2.24) is 9.55 Å². The van der Waals surface area contributed by atoms with Crippen molar-refractivity contribution in [3.05, 3.63) is 151 Å². The molecule has 0 radical (unpaired) electrons. The Labute approximate surface area is 240 Å². The number of pyridine rings is 1. The second kappa shape index (κ2) is 8.94. The molecular formula is C38H29N3. The molecule has 3 heterocycles. The van der Waals surface area contributed by atoms with E-state index in [-0.39, 0.29) is 5.41 Å². The highest BCUT2D eigenvalue weighted by atomic mass is 15.2. The second-order valence-electron chi connectivity index (χ2n) is 11.3. The molecule has 8 rings (SSSR count). The minimum Gasteiger partial charge on any atom is -0.310 e. The van der Waals surface area contributed by atoms with Gasteiger partial charge in [0.1, 0.15) is 0 Å². The molecule has 0 atom stereocenters. The molecule has 1 aliphatic rings. The van der Waals surface area contributed by atoms with Crippen LogP contribution in [0.5, 0.6) is 0 Å². The molecule has 196 valence electrons. The number of aromatic nitrogens is 2. The molecule has 0 N–H and O–H groups in total. The lowest BCUT2D eigenvalue weighted by atomic mass is 9.73. The molecule has 3 nitrogen and oxygen atoms in total. The average Bonchev–Trinajstić information content (AvgIpc) is 3.35. The highest BCUT2D eigenvalue weighted by molar-refractivity contribution is 6.10. The van der Waals surface area contributed by atoms with Crippen molar-refractivity contribution in [2.45, 2.75) is 19.3 Å². The van der Waals surface area contributed by atoms with Crippen molar-refractivity contribution in [1.29, 1.82) is 0 Å². The van der Waals surface area contributed by atoms with Gasteiger partial charge >= 0.3 is 0 Å². The SMILES string of the molecule is CC1(C)c2ccccc2N(c2ccc3c4ccccc4n(-c4ccccc4)c3c2)c2cc(-c3ccccn3)ccc21. The zero-order chi connectivity index (χ0) is 27.6. The van der Waals surface area contributed by atoms with Crippen LogP contribution in [0.4, 0.5) is 17.1 Å². The van der Waals surface area contributed by atoms with Gasteiger partial charge in [-0.2, -0.15) is 0 Å². The first-order chi connectivity index (χ1) is 20.1. The molecule has 0 spiro atoms. The summed E-state index contributed by atoms with van der Waals surface area (Å²) >= 11 is 0. The van der Waals surface area contributed by atoms with Gasteiger partial charge in [-0.25, -0.2) is 0 Å². The standard InChI is InChI=1S/C38H29N3/c1-38(2)31-15-7-9-18-35(31)41(37-24-26(19-22-32(37)38)33-16-10-11-23-39-33)28-20-21-30-29-14-6-8-17-34(29)40(36(30)25-28)27-12-4-3-5-13-27/h3-25H,1-2H3. The summed E-state index contributed by atoms with van der Waals surface area (Å²) in [5.74, 6) is 0. The number of para-hydroxylation sites is 3. The lowest BCUT2D eigenvalue weighted by Crippen LogP contribution is -2.30. The predicted molar refractivity (Wildman–Crippen MR) is 171 cm³/mol. The molecule has 0 bridgehead atoms. The molecule has 2 aromatic heterocycles. The van der Waals surface area contributed by atoms with E-state index in [4.69, 9.17) is 0 Å². The van der Waals surface area contributed by atoms with Crippen LogP contribution in [0.3, 0.4) is 0 Å². The van der Waals surface area contributed by atoms with Gasteiger partial charge in [0, 0.05) is 39.3 Å². The van der Waals surface area contributed by atoms with Crippen LogP contribution in [0.1, 0.15) is 25.0 Å². The van der Waals surface area contributed by atoms with Crippen LogP contribution in [0.2, 0.25) is 0 Å². The Morgan fingerprint density at radius 3 is 2.12 bits per heavy atom. The first-order valence-corrected chi connectivity index (χ1v) is 14.2. The summed E-state index contributed by atoms with van der Waals surface area (Å²) in [6.07, 6.45) is 1.86. The largest absolute Gasteiger partial charge is 0.310 e. The van der Waals surface area contributed by atoms with E-state index in [1.807, 2.05) is 12.3 Å². The Balaban J connectivity index is 1.42. The Bertz CT molecular complexity index is 2070. The van der Waals surface area contributed by atoms with E-state index in [1.165, 1.54) is 44.3 Å². The molecule has 0 saturated carbocycles. The average molecular weight is 528 g/mol. The van der Waals surface area contributed by atoms with Gasteiger partial charge in [0.25, 0.3) is 0 Å². The fourth-order valence-electron chi connectivity index (χ4n) is 6.64. The summed E-state index contributed by atoms with van der Waals surface area (Å²) in [4.78, 5) is 7.10. The molecular weight excluding hydrogens is 498 g/mol. The number of fused-ring (bicyclic) bond motifs is 5.